The van der Waals surface area contributed by atoms with Crippen molar-refractivity contribution in [2.75, 3.05) is 6.54 Å². The first-order chi connectivity index (χ1) is 8.74. The van der Waals surface area contributed by atoms with Crippen LogP contribution in [0.15, 0.2) is 34.9 Å². The molecule has 0 amide bonds. The maximum Gasteiger partial charge on any atom is 0.306 e. The minimum atomic E-state index is -0.689. The number of carbonyl (C=O) groups is 1. The van der Waals surface area contributed by atoms with Gasteiger partial charge in [-0.3, -0.25) is 4.79 Å². The molecule has 3 rings (SSSR count). The van der Waals surface area contributed by atoms with Crippen molar-refractivity contribution >= 4 is 16.9 Å². The molecule has 1 aromatic carbocycles. The first-order valence-electron chi connectivity index (χ1n) is 6.17. The van der Waals surface area contributed by atoms with E-state index in [1.807, 2.05) is 18.2 Å². The first-order valence-corrected chi connectivity index (χ1v) is 6.17. The van der Waals surface area contributed by atoms with Crippen molar-refractivity contribution in [3.8, 4) is 0 Å². The van der Waals surface area contributed by atoms with Gasteiger partial charge in [-0.15, -0.1) is 0 Å². The van der Waals surface area contributed by atoms with Gasteiger partial charge in [-0.2, -0.15) is 0 Å². The Morgan fingerprint density at radius 2 is 2.28 bits per heavy atom. The van der Waals surface area contributed by atoms with Gasteiger partial charge in [-0.1, -0.05) is 6.07 Å². The van der Waals surface area contributed by atoms with Gasteiger partial charge < -0.3 is 14.8 Å². The molecule has 0 radical (unpaired) electrons. The minimum absolute atomic E-state index is 0.124. The highest BCUT2D eigenvalue weighted by molar-refractivity contribution is 5.78. The Kier molecular flexibility index (Phi) is 2.80. The molecule has 0 spiro atoms. The molecule has 18 heavy (non-hydrogen) atoms. The minimum Gasteiger partial charge on any atom is -0.481 e. The normalized spacial score (nSPS) is 24.2. The highest BCUT2D eigenvalue weighted by atomic mass is 16.4. The maximum atomic E-state index is 11.1. The molecule has 1 aliphatic rings. The molecule has 2 unspecified atom stereocenters. The fraction of sp³-hybridized carbons (Fsp3) is 0.357. The van der Waals surface area contributed by atoms with Crippen LogP contribution >= 0.6 is 0 Å². The van der Waals surface area contributed by atoms with Crippen LogP contribution in [0.25, 0.3) is 11.0 Å². The van der Waals surface area contributed by atoms with Gasteiger partial charge in [0.15, 0.2) is 0 Å². The zero-order valence-electron chi connectivity index (χ0n) is 9.93. The standard InChI is InChI=1S/C14H15NO3/c16-14(17)11-3-5-15-12(8-11)9-1-2-13-10(7-9)4-6-18-13/h1-2,4,6-7,11-12,15H,3,5,8H2,(H,16,17). The molecule has 1 aliphatic heterocycles. The highest BCUT2D eigenvalue weighted by Crippen LogP contribution is 2.29. The summed E-state index contributed by atoms with van der Waals surface area (Å²) in [5.74, 6) is -0.929. The fourth-order valence-electron chi connectivity index (χ4n) is 2.60. The Morgan fingerprint density at radius 1 is 1.39 bits per heavy atom. The Balaban J connectivity index is 1.86. The molecule has 4 heteroatoms. The maximum absolute atomic E-state index is 11.1. The van der Waals surface area contributed by atoms with E-state index in [-0.39, 0.29) is 12.0 Å². The largest absolute Gasteiger partial charge is 0.481 e. The molecule has 1 fully saturated rings. The van der Waals surface area contributed by atoms with E-state index in [9.17, 15) is 4.79 Å². The van der Waals surface area contributed by atoms with Crippen LogP contribution in [0.4, 0.5) is 0 Å². The van der Waals surface area contributed by atoms with E-state index in [0.717, 1.165) is 23.1 Å². The van der Waals surface area contributed by atoms with Crippen LogP contribution in [0.1, 0.15) is 24.4 Å². The predicted octanol–water partition coefficient (Wildman–Crippen LogP) is 2.56. The fourth-order valence-corrected chi connectivity index (χ4v) is 2.60. The smallest absolute Gasteiger partial charge is 0.306 e. The van der Waals surface area contributed by atoms with E-state index in [1.165, 1.54) is 0 Å². The van der Waals surface area contributed by atoms with Crippen LogP contribution in [-0.4, -0.2) is 17.6 Å². The number of piperidine rings is 1. The quantitative estimate of drug-likeness (QED) is 0.853. The van der Waals surface area contributed by atoms with Gasteiger partial charge in [0, 0.05) is 11.4 Å². The summed E-state index contributed by atoms with van der Waals surface area (Å²) in [4.78, 5) is 11.1. The van der Waals surface area contributed by atoms with Gasteiger partial charge in [-0.05, 0) is 43.1 Å². The molecule has 2 aromatic rings. The molecular formula is C14H15NO3. The van der Waals surface area contributed by atoms with Crippen LogP contribution in [0, 0.1) is 5.92 Å². The molecular weight excluding hydrogens is 230 g/mol. The number of rotatable bonds is 2. The lowest BCUT2D eigenvalue weighted by Gasteiger charge is -2.28. The Morgan fingerprint density at radius 3 is 3.11 bits per heavy atom. The van der Waals surface area contributed by atoms with Gasteiger partial charge in [0.05, 0.1) is 12.2 Å². The average Bonchev–Trinajstić information content (AvgIpc) is 2.86. The van der Waals surface area contributed by atoms with E-state index < -0.39 is 5.97 Å². The number of benzene rings is 1. The molecule has 94 valence electrons. The number of carboxylic acid groups (broad SMARTS) is 1. The molecule has 1 aromatic heterocycles. The summed E-state index contributed by atoms with van der Waals surface area (Å²) in [5.41, 5.74) is 2.00. The second-order valence-corrected chi connectivity index (χ2v) is 4.78. The second kappa shape index (κ2) is 4.46. The van der Waals surface area contributed by atoms with Crippen molar-refractivity contribution in [3.05, 3.63) is 36.1 Å². The Labute approximate surface area is 105 Å². The molecule has 2 atom stereocenters. The van der Waals surface area contributed by atoms with Crippen LogP contribution in [0.3, 0.4) is 0 Å². The lowest BCUT2D eigenvalue weighted by atomic mass is 9.88. The SMILES string of the molecule is O=C(O)C1CCNC(c2ccc3occc3c2)C1. The summed E-state index contributed by atoms with van der Waals surface area (Å²) >= 11 is 0. The molecule has 0 saturated carbocycles. The molecule has 4 nitrogen and oxygen atoms in total. The molecule has 1 saturated heterocycles. The van der Waals surface area contributed by atoms with Crippen molar-refractivity contribution in [3.63, 3.8) is 0 Å². The van der Waals surface area contributed by atoms with Crippen LogP contribution in [-0.2, 0) is 4.79 Å². The van der Waals surface area contributed by atoms with Gasteiger partial charge in [0.2, 0.25) is 0 Å². The highest BCUT2D eigenvalue weighted by Gasteiger charge is 2.27. The van der Waals surface area contributed by atoms with Gasteiger partial charge in [0.25, 0.3) is 0 Å². The Bertz CT molecular complexity index is 575. The number of carboxylic acids is 1. The second-order valence-electron chi connectivity index (χ2n) is 4.78. The van der Waals surface area contributed by atoms with Crippen molar-refractivity contribution < 1.29 is 14.3 Å². The van der Waals surface area contributed by atoms with E-state index in [4.69, 9.17) is 9.52 Å². The van der Waals surface area contributed by atoms with Crippen molar-refractivity contribution in [1.82, 2.24) is 5.32 Å². The van der Waals surface area contributed by atoms with Gasteiger partial charge in [-0.25, -0.2) is 0 Å². The number of fused-ring (bicyclic) bond motifs is 1. The predicted molar refractivity (Wildman–Crippen MR) is 67.3 cm³/mol. The van der Waals surface area contributed by atoms with Crippen LogP contribution < -0.4 is 5.32 Å². The monoisotopic (exact) mass is 245 g/mol. The third-order valence-electron chi connectivity index (χ3n) is 3.63. The molecule has 0 bridgehead atoms. The zero-order valence-corrected chi connectivity index (χ0v) is 9.93. The summed E-state index contributed by atoms with van der Waals surface area (Å²) in [7, 11) is 0. The van der Waals surface area contributed by atoms with E-state index in [0.29, 0.717) is 12.8 Å². The molecule has 0 aliphatic carbocycles. The number of furan rings is 1. The molecule has 2 heterocycles. The summed E-state index contributed by atoms with van der Waals surface area (Å²) in [6, 6.07) is 8.07. The van der Waals surface area contributed by atoms with E-state index in [2.05, 4.69) is 11.4 Å². The summed E-state index contributed by atoms with van der Waals surface area (Å²) in [5, 5.41) is 13.5. The van der Waals surface area contributed by atoms with E-state index in [1.54, 1.807) is 6.26 Å². The Hall–Kier alpha value is -1.81. The third-order valence-corrected chi connectivity index (χ3v) is 3.63. The summed E-state index contributed by atoms with van der Waals surface area (Å²) < 4.78 is 5.31. The number of aliphatic carboxylic acids is 1. The summed E-state index contributed by atoms with van der Waals surface area (Å²) in [6.45, 7) is 0.755. The van der Waals surface area contributed by atoms with Crippen LogP contribution in [0.2, 0.25) is 0 Å². The zero-order chi connectivity index (χ0) is 12.5. The lowest BCUT2D eigenvalue weighted by molar-refractivity contribution is -0.143. The third kappa shape index (κ3) is 1.99. The summed E-state index contributed by atoms with van der Waals surface area (Å²) in [6.07, 6.45) is 3.03. The van der Waals surface area contributed by atoms with Gasteiger partial charge in [0.1, 0.15) is 5.58 Å². The average molecular weight is 245 g/mol. The number of nitrogens with one attached hydrogen (secondary N) is 1. The first kappa shape index (κ1) is 11.3. The van der Waals surface area contributed by atoms with Crippen molar-refractivity contribution in [1.29, 1.82) is 0 Å². The van der Waals surface area contributed by atoms with Crippen LogP contribution in [0.5, 0.6) is 0 Å². The van der Waals surface area contributed by atoms with Crippen molar-refractivity contribution in [2.45, 2.75) is 18.9 Å². The molecule has 2 N–H and O–H groups in total. The number of hydrogen-bond acceptors (Lipinski definition) is 3. The van der Waals surface area contributed by atoms with E-state index >= 15 is 0 Å². The lowest BCUT2D eigenvalue weighted by Crippen LogP contribution is -2.34. The topological polar surface area (TPSA) is 62.5 Å². The van der Waals surface area contributed by atoms with Gasteiger partial charge >= 0.3 is 5.97 Å². The number of hydrogen-bond donors (Lipinski definition) is 2. The van der Waals surface area contributed by atoms with Crippen molar-refractivity contribution in [2.24, 2.45) is 5.92 Å².